The zero-order valence-corrected chi connectivity index (χ0v) is 41.6. The molecule has 2 aliphatic heterocycles. The van der Waals surface area contributed by atoms with E-state index in [9.17, 15) is 47.9 Å². The molecule has 2 fully saturated rings. The Balaban J connectivity index is 1.87. The number of carbonyl (C=O) groups excluding carboxylic acids is 9. The summed E-state index contributed by atoms with van der Waals surface area (Å²) in [7, 11) is -4.66. The molecule has 1 unspecified atom stereocenters. The van der Waals surface area contributed by atoms with Gasteiger partial charge in [0.2, 0.25) is 5.91 Å². The zero-order chi connectivity index (χ0) is 54.2. The van der Waals surface area contributed by atoms with Gasteiger partial charge in [-0.1, -0.05) is 36.4 Å². The van der Waals surface area contributed by atoms with Crippen molar-refractivity contribution in [3.05, 3.63) is 71.3 Å². The van der Waals surface area contributed by atoms with Crippen LogP contribution in [0.1, 0.15) is 66.7 Å². The summed E-state index contributed by atoms with van der Waals surface area (Å²) < 4.78 is 88.6. The molecule has 11 atom stereocenters. The number of esters is 7. The summed E-state index contributed by atoms with van der Waals surface area (Å²) in [5.74, 6) is -11.6. The molecule has 3 heterocycles. The molecule has 2 aliphatic rings. The molecule has 2 aromatic rings. The van der Waals surface area contributed by atoms with Crippen molar-refractivity contribution >= 4 is 67.4 Å². The van der Waals surface area contributed by atoms with Gasteiger partial charge < -0.3 is 58.0 Å². The molecule has 0 saturated carbocycles. The van der Waals surface area contributed by atoms with Crippen LogP contribution in [0.15, 0.2) is 60.0 Å². The molecule has 4 rings (SSSR count). The molecule has 28 nitrogen and oxygen atoms in total. The van der Waals surface area contributed by atoms with E-state index in [0.29, 0.717) is 5.56 Å². The fraction of sp³-hybridized carbons (Fsp3) is 0.523. The van der Waals surface area contributed by atoms with Gasteiger partial charge in [0.15, 0.2) is 30.6 Å². The number of phosphoric ester groups is 1. The molecule has 400 valence electrons. The largest absolute Gasteiger partial charge is 0.478 e. The number of anilines is 1. The summed E-state index contributed by atoms with van der Waals surface area (Å²) >= 11 is 0. The molecule has 1 aromatic heterocycles. The van der Waals surface area contributed by atoms with Gasteiger partial charge in [-0.3, -0.25) is 47.2 Å². The Bertz CT molecular complexity index is 2470. The number of hydrogen-bond acceptors (Lipinski definition) is 25. The second-order valence-electron chi connectivity index (χ2n) is 15.8. The van der Waals surface area contributed by atoms with Gasteiger partial charge in [-0.25, -0.2) is 23.5 Å². The maximum atomic E-state index is 15.1. The number of rotatable bonds is 23. The van der Waals surface area contributed by atoms with Gasteiger partial charge in [-0.15, -0.1) is 6.58 Å². The van der Waals surface area contributed by atoms with E-state index in [1.54, 1.807) is 30.3 Å². The highest BCUT2D eigenvalue weighted by molar-refractivity contribution is 7.48. The minimum absolute atomic E-state index is 0.164. The first kappa shape index (κ1) is 58.5. The highest BCUT2D eigenvalue weighted by Crippen LogP contribution is 2.56. The van der Waals surface area contributed by atoms with Crippen molar-refractivity contribution in [2.45, 2.75) is 122 Å². The number of nitrogens with one attached hydrogen (secondary N) is 2. The van der Waals surface area contributed by atoms with Crippen molar-refractivity contribution in [3.63, 3.8) is 0 Å². The van der Waals surface area contributed by atoms with Gasteiger partial charge >= 0.3 is 61.4 Å². The van der Waals surface area contributed by atoms with Crippen molar-refractivity contribution in [1.82, 2.24) is 14.9 Å². The molecule has 2 saturated heterocycles. The maximum Gasteiger partial charge on any atom is 0.478 e. The zero-order valence-electron chi connectivity index (χ0n) is 40.7. The van der Waals surface area contributed by atoms with E-state index in [-0.39, 0.29) is 12.4 Å². The lowest BCUT2D eigenvalue weighted by molar-refractivity contribution is -0.293. The Kier molecular flexibility index (Phi) is 21.3. The monoisotopic (exact) mass is 1050 g/mol. The number of carbonyl (C=O) groups is 9. The molecular weight excluding hydrogens is 999 g/mol. The van der Waals surface area contributed by atoms with Gasteiger partial charge in [0, 0.05) is 54.7 Å². The van der Waals surface area contributed by atoms with Gasteiger partial charge in [0.05, 0.1) is 32.8 Å². The summed E-state index contributed by atoms with van der Waals surface area (Å²) in [6.45, 7) is 7.52. The Morgan fingerprint density at radius 1 is 0.849 bits per heavy atom. The molecule has 2 amide bonds. The third-order valence-electron chi connectivity index (χ3n) is 9.93. The lowest BCUT2D eigenvalue weighted by Crippen LogP contribution is -2.69. The van der Waals surface area contributed by atoms with Crippen LogP contribution in [-0.2, 0) is 110 Å². The maximum absolute atomic E-state index is 15.1. The molecule has 2 N–H and O–H groups in total. The van der Waals surface area contributed by atoms with Crippen LogP contribution in [0.4, 0.5) is 10.6 Å². The minimum Gasteiger partial charge on any atom is -0.465 e. The number of nitrogens with zero attached hydrogens (tertiary/aromatic N) is 2. The summed E-state index contributed by atoms with van der Waals surface area (Å²) in [5.41, 5.74) is -0.532. The van der Waals surface area contributed by atoms with Gasteiger partial charge in [0.25, 0.3) is 5.79 Å². The summed E-state index contributed by atoms with van der Waals surface area (Å²) in [4.78, 5) is 132. The summed E-state index contributed by atoms with van der Waals surface area (Å²) in [6.07, 6.45) is -14.7. The molecule has 73 heavy (non-hydrogen) atoms. The lowest BCUT2D eigenvalue weighted by atomic mass is 9.88. The number of benzene rings is 1. The topological polar surface area (TPSA) is 350 Å². The van der Waals surface area contributed by atoms with Crippen LogP contribution < -0.4 is 16.3 Å². The Hall–Kier alpha value is -7.10. The smallest absolute Gasteiger partial charge is 0.465 e. The van der Waals surface area contributed by atoms with E-state index in [2.05, 4.69) is 22.2 Å². The van der Waals surface area contributed by atoms with Gasteiger partial charge in [-0.2, -0.15) is 4.98 Å². The molecule has 29 heteroatoms. The van der Waals surface area contributed by atoms with E-state index in [1.165, 1.54) is 13.0 Å². The van der Waals surface area contributed by atoms with Crippen molar-refractivity contribution in [1.29, 1.82) is 0 Å². The van der Waals surface area contributed by atoms with Crippen LogP contribution >= 0.6 is 7.82 Å². The number of hydrogen-bond donors (Lipinski definition) is 2. The number of aromatic nitrogens is 2. The predicted molar refractivity (Wildman–Crippen MR) is 240 cm³/mol. The highest BCUT2D eigenvalue weighted by Gasteiger charge is 2.62. The van der Waals surface area contributed by atoms with E-state index in [1.807, 2.05) is 0 Å². The van der Waals surface area contributed by atoms with Crippen molar-refractivity contribution in [2.24, 2.45) is 0 Å². The molecule has 1 aromatic carbocycles. The van der Waals surface area contributed by atoms with Crippen LogP contribution in [0.2, 0.25) is 0 Å². The minimum atomic E-state index is -5.49. The standard InChI is InChI=1S/C44H55N4O24P/c1-10-18-63-73(59,64-22-33-37(68-28(7)54)39(69-29(8)55)40(70-33)48-17-16-34(45-23(2)49)46-42(48)57)72-44(41(56)60-9)19-31(65-25(4)51)35(47-43(58)62-20-30-14-12-11-13-15-30)38(71-44)36(67-27(6)53)32(66-26(5)52)21-61-24(3)50/h10-17,31-33,35-40H,1,18-22H2,2-9H3,(H,47,58)(H,45,46,49,57)/t31-,32+,33+,35+,36+,37+,38+,39+,40+,44+,73?/m0/s1. The lowest BCUT2D eigenvalue weighted by Gasteiger charge is -2.48. The van der Waals surface area contributed by atoms with Crippen molar-refractivity contribution < 1.29 is 109 Å². The van der Waals surface area contributed by atoms with Crippen molar-refractivity contribution in [2.75, 3.05) is 32.2 Å². The Morgan fingerprint density at radius 3 is 2.05 bits per heavy atom. The summed E-state index contributed by atoms with van der Waals surface area (Å²) in [5, 5.41) is 4.78. The fourth-order valence-electron chi connectivity index (χ4n) is 7.31. The second kappa shape index (κ2) is 26.6. The highest BCUT2D eigenvalue weighted by atomic mass is 31.2. The third-order valence-corrected chi connectivity index (χ3v) is 11.4. The number of phosphoric acid groups is 1. The first-order valence-electron chi connectivity index (χ1n) is 21.9. The van der Waals surface area contributed by atoms with E-state index in [0.717, 1.165) is 65.5 Å². The Labute approximate surface area is 416 Å². The quantitative estimate of drug-likeness (QED) is 0.0691. The number of amides is 2. The average molecular weight is 1050 g/mol. The van der Waals surface area contributed by atoms with Crippen LogP contribution in [0, 0.1) is 0 Å². The van der Waals surface area contributed by atoms with Crippen LogP contribution in [0.5, 0.6) is 0 Å². The summed E-state index contributed by atoms with van der Waals surface area (Å²) in [6, 6.07) is 7.70. The van der Waals surface area contributed by atoms with Crippen molar-refractivity contribution in [3.8, 4) is 0 Å². The van der Waals surface area contributed by atoms with Gasteiger partial charge in [0.1, 0.15) is 37.3 Å². The second-order valence-corrected chi connectivity index (χ2v) is 17.3. The van der Waals surface area contributed by atoms with Gasteiger partial charge in [-0.05, 0) is 11.6 Å². The van der Waals surface area contributed by atoms with E-state index >= 15 is 4.57 Å². The Morgan fingerprint density at radius 2 is 1.49 bits per heavy atom. The fourth-order valence-corrected chi connectivity index (χ4v) is 8.66. The number of methoxy groups -OCH3 is 1. The average Bonchev–Trinajstić information content (AvgIpc) is 3.62. The van der Waals surface area contributed by atoms with Crippen LogP contribution in [-0.4, -0.2) is 145 Å². The van der Waals surface area contributed by atoms with Crippen LogP contribution in [0.25, 0.3) is 0 Å². The predicted octanol–water partition coefficient (Wildman–Crippen LogP) is 1.62. The molecule has 0 bridgehead atoms. The SMILES string of the molecule is C=CCOP(=O)(OC[C@H]1O[C@@H](n2ccc(NC(C)=O)nc2=O)[C@H](OC(C)=O)[C@@H]1OC(C)=O)O[C@@]1(C(=O)OC)C[C@H](OC(C)=O)[C@@H](NC(=O)OCc2ccccc2)[C@H]([C@H](OC(C)=O)[C@@H](COC(C)=O)OC(C)=O)O1. The third kappa shape index (κ3) is 17.0. The normalized spacial score (nSPS) is 23.9. The first-order chi connectivity index (χ1) is 34.4. The van der Waals surface area contributed by atoms with E-state index in [4.69, 9.17) is 60.9 Å². The molecule has 0 aliphatic carbocycles. The first-order valence-corrected chi connectivity index (χ1v) is 23.3. The molecule has 0 radical (unpaired) electrons. The molecular formula is C44H55N4O24P. The van der Waals surface area contributed by atoms with Crippen LogP contribution in [0.3, 0.4) is 0 Å². The number of alkyl carbamates (subject to hydrolysis) is 1. The molecule has 0 spiro atoms. The number of ether oxygens (including phenoxy) is 10. The van der Waals surface area contributed by atoms with E-state index < -0.39 is 154 Å².